The van der Waals surface area contributed by atoms with E-state index in [-0.39, 0.29) is 5.91 Å². The average molecular weight is 490 g/mol. The van der Waals surface area contributed by atoms with Crippen molar-refractivity contribution in [3.05, 3.63) is 61.1 Å². The summed E-state index contributed by atoms with van der Waals surface area (Å²) in [4.78, 5) is 17.4. The second-order valence-corrected chi connectivity index (χ2v) is 11.7. The lowest BCUT2D eigenvalue weighted by Crippen LogP contribution is -2.47. The van der Waals surface area contributed by atoms with Crippen LogP contribution in [-0.2, 0) is 5.54 Å². The van der Waals surface area contributed by atoms with Crippen molar-refractivity contribution in [1.82, 2.24) is 0 Å². The minimum Gasteiger partial charge on any atom is -0.497 e. The van der Waals surface area contributed by atoms with Crippen molar-refractivity contribution < 1.29 is 9.53 Å². The standard InChI is InChI=1S/C22H16ClNO2S4/c1-22(2)19-16(21(27)30-29-19)13-10-11(26-3)8-9-14(13)24(22)20(25)18-17(23)12-6-4-5-7-15(12)28-18/h4-10H,1-3H3. The van der Waals surface area contributed by atoms with E-state index >= 15 is 0 Å². The third kappa shape index (κ3) is 2.80. The molecule has 4 aromatic rings. The number of carbonyl (C=O) groups excluding carboxylic acids is 1. The Morgan fingerprint density at radius 3 is 2.67 bits per heavy atom. The van der Waals surface area contributed by atoms with Crippen LogP contribution in [0.1, 0.15) is 28.4 Å². The van der Waals surface area contributed by atoms with Gasteiger partial charge in [-0.25, -0.2) is 0 Å². The monoisotopic (exact) mass is 489 g/mol. The van der Waals surface area contributed by atoms with Gasteiger partial charge in [-0.15, -0.1) is 11.3 Å². The number of fused-ring (bicyclic) bond motifs is 4. The Labute approximate surface area is 195 Å². The zero-order chi connectivity index (χ0) is 21.2. The molecule has 3 heterocycles. The van der Waals surface area contributed by atoms with Crippen LogP contribution in [0.15, 0.2) is 42.5 Å². The molecule has 0 atom stereocenters. The number of carbonyl (C=O) groups is 1. The summed E-state index contributed by atoms with van der Waals surface area (Å²) in [6.07, 6.45) is 0. The second kappa shape index (κ2) is 7.14. The summed E-state index contributed by atoms with van der Waals surface area (Å²) in [5.74, 6) is 0.630. The largest absolute Gasteiger partial charge is 0.497 e. The van der Waals surface area contributed by atoms with E-state index in [1.807, 2.05) is 47.4 Å². The molecule has 3 nitrogen and oxygen atoms in total. The lowest BCUT2D eigenvalue weighted by molar-refractivity contribution is 0.0965. The van der Waals surface area contributed by atoms with E-state index in [0.29, 0.717) is 9.90 Å². The zero-order valence-electron chi connectivity index (χ0n) is 16.3. The van der Waals surface area contributed by atoms with Crippen molar-refractivity contribution in [2.75, 3.05) is 12.0 Å². The van der Waals surface area contributed by atoms with Gasteiger partial charge in [-0.1, -0.05) is 62.7 Å². The van der Waals surface area contributed by atoms with Crippen LogP contribution in [0.5, 0.6) is 5.75 Å². The molecule has 0 radical (unpaired) electrons. The molecule has 1 aliphatic heterocycles. The number of thiophene rings is 1. The first-order valence-electron chi connectivity index (χ1n) is 9.18. The molecule has 8 heteroatoms. The molecular weight excluding hydrogens is 474 g/mol. The van der Waals surface area contributed by atoms with Crippen molar-refractivity contribution in [2.24, 2.45) is 0 Å². The van der Waals surface area contributed by atoms with Gasteiger partial charge in [-0.2, -0.15) is 0 Å². The maximum atomic E-state index is 13.9. The highest BCUT2D eigenvalue weighted by atomic mass is 35.5. The van der Waals surface area contributed by atoms with Crippen LogP contribution in [0.25, 0.3) is 21.2 Å². The van der Waals surface area contributed by atoms with E-state index < -0.39 is 5.54 Å². The molecule has 1 amide bonds. The summed E-state index contributed by atoms with van der Waals surface area (Å²) in [6, 6.07) is 13.6. The fourth-order valence-corrected chi connectivity index (χ4v) is 8.68. The highest BCUT2D eigenvalue weighted by Gasteiger charge is 2.44. The summed E-state index contributed by atoms with van der Waals surface area (Å²) in [5.41, 5.74) is 2.22. The van der Waals surface area contributed by atoms with E-state index in [1.165, 1.54) is 11.3 Å². The predicted molar refractivity (Wildman–Crippen MR) is 132 cm³/mol. The molecule has 0 saturated carbocycles. The molecule has 1 aliphatic rings. The van der Waals surface area contributed by atoms with Crippen molar-refractivity contribution in [1.29, 1.82) is 0 Å². The molecule has 0 N–H and O–H groups in total. The molecule has 0 saturated heterocycles. The minimum atomic E-state index is -0.564. The highest BCUT2D eigenvalue weighted by molar-refractivity contribution is 7.80. The quantitative estimate of drug-likeness (QED) is 0.211. The predicted octanol–water partition coefficient (Wildman–Crippen LogP) is 7.98. The molecule has 152 valence electrons. The number of methoxy groups -OCH3 is 1. The Kier molecular flexibility index (Phi) is 4.79. The molecule has 0 unspecified atom stereocenters. The summed E-state index contributed by atoms with van der Waals surface area (Å²) in [7, 11) is 4.84. The van der Waals surface area contributed by atoms with Crippen LogP contribution < -0.4 is 9.64 Å². The molecule has 30 heavy (non-hydrogen) atoms. The first kappa shape index (κ1) is 20.2. The fraction of sp³-hybridized carbons (Fsp3) is 0.182. The van der Waals surface area contributed by atoms with Gasteiger partial charge >= 0.3 is 0 Å². The van der Waals surface area contributed by atoms with Gasteiger partial charge in [-0.05, 0) is 38.1 Å². The Morgan fingerprint density at radius 2 is 1.93 bits per heavy atom. The Hall–Kier alpha value is -1.77. The number of benzene rings is 2. The number of anilines is 1. The number of hydrogen-bond donors (Lipinski definition) is 0. The Bertz CT molecular complexity index is 1380. The zero-order valence-corrected chi connectivity index (χ0v) is 20.3. The highest BCUT2D eigenvalue weighted by Crippen LogP contribution is 2.53. The Morgan fingerprint density at radius 1 is 1.17 bits per heavy atom. The first-order valence-corrected chi connectivity index (χ1v) is 12.9. The first-order chi connectivity index (χ1) is 14.3. The maximum absolute atomic E-state index is 13.9. The lowest BCUT2D eigenvalue weighted by atomic mass is 9.87. The normalized spacial score (nSPS) is 14.5. The van der Waals surface area contributed by atoms with Crippen LogP contribution in [0.2, 0.25) is 5.02 Å². The smallest absolute Gasteiger partial charge is 0.270 e. The van der Waals surface area contributed by atoms with Crippen molar-refractivity contribution in [3.8, 4) is 16.9 Å². The average Bonchev–Trinajstić information content (AvgIpc) is 3.29. The van der Waals surface area contributed by atoms with Crippen LogP contribution >= 0.6 is 55.8 Å². The van der Waals surface area contributed by atoms with E-state index in [0.717, 1.165) is 41.4 Å². The molecule has 0 spiro atoms. The van der Waals surface area contributed by atoms with Gasteiger partial charge in [0.25, 0.3) is 5.91 Å². The van der Waals surface area contributed by atoms with Gasteiger partial charge in [0.1, 0.15) is 14.5 Å². The molecule has 5 rings (SSSR count). The third-order valence-electron chi connectivity index (χ3n) is 5.39. The summed E-state index contributed by atoms with van der Waals surface area (Å²) in [5, 5.41) is 1.42. The Balaban J connectivity index is 1.76. The molecule has 2 aromatic carbocycles. The van der Waals surface area contributed by atoms with Gasteiger partial charge in [0.15, 0.2) is 0 Å². The number of halogens is 1. The molecule has 0 fully saturated rings. The van der Waals surface area contributed by atoms with E-state index in [9.17, 15) is 4.79 Å². The number of hydrogen-bond acceptors (Lipinski definition) is 6. The molecular formula is C22H16ClNO2S4. The van der Waals surface area contributed by atoms with Gasteiger partial charge < -0.3 is 4.74 Å². The SMILES string of the molecule is COc1ccc2c(c1)-c1c(ssc1=S)C(C)(C)N2C(=O)c1sc2ccccc2c1Cl. The van der Waals surface area contributed by atoms with Crippen molar-refractivity contribution in [2.45, 2.75) is 19.4 Å². The van der Waals surface area contributed by atoms with E-state index in [4.69, 9.17) is 28.6 Å². The van der Waals surface area contributed by atoms with Crippen molar-refractivity contribution >= 4 is 77.5 Å². The molecule has 0 bridgehead atoms. The minimum absolute atomic E-state index is 0.104. The number of nitrogens with zero attached hydrogens (tertiary/aromatic N) is 1. The summed E-state index contributed by atoms with van der Waals surface area (Å²) in [6.45, 7) is 4.13. The van der Waals surface area contributed by atoms with Crippen molar-refractivity contribution in [3.63, 3.8) is 0 Å². The van der Waals surface area contributed by atoms with Gasteiger partial charge in [-0.3, -0.25) is 9.69 Å². The summed E-state index contributed by atoms with van der Waals surface area (Å²) >= 11 is 13.8. The van der Waals surface area contributed by atoms with E-state index in [1.54, 1.807) is 27.8 Å². The van der Waals surface area contributed by atoms with Gasteiger partial charge in [0.05, 0.1) is 28.2 Å². The van der Waals surface area contributed by atoms with Crippen LogP contribution in [0, 0.1) is 3.82 Å². The maximum Gasteiger partial charge on any atom is 0.270 e. The van der Waals surface area contributed by atoms with Gasteiger partial charge in [0.2, 0.25) is 0 Å². The number of amides is 1. The van der Waals surface area contributed by atoms with E-state index in [2.05, 4.69) is 13.8 Å². The molecule has 2 aromatic heterocycles. The fourth-order valence-electron chi connectivity index (χ4n) is 3.95. The number of rotatable bonds is 2. The van der Waals surface area contributed by atoms with Gasteiger partial charge in [0, 0.05) is 21.2 Å². The van der Waals surface area contributed by atoms with Crippen LogP contribution in [0.3, 0.4) is 0 Å². The summed E-state index contributed by atoms with van der Waals surface area (Å²) < 4.78 is 7.29. The lowest BCUT2D eigenvalue weighted by Gasteiger charge is -2.42. The second-order valence-electron chi connectivity index (χ2n) is 7.48. The van der Waals surface area contributed by atoms with Crippen LogP contribution in [0.4, 0.5) is 5.69 Å². The number of ether oxygens (including phenoxy) is 1. The third-order valence-corrected chi connectivity index (χ3v) is 10.4. The van der Waals surface area contributed by atoms with Crippen LogP contribution in [-0.4, -0.2) is 13.0 Å². The molecule has 0 aliphatic carbocycles. The topological polar surface area (TPSA) is 29.5 Å².